The molecule has 2 aromatic heterocycles. The van der Waals surface area contributed by atoms with Crippen molar-refractivity contribution in [3.05, 3.63) is 23.4 Å². The van der Waals surface area contributed by atoms with Crippen molar-refractivity contribution in [1.29, 1.82) is 0 Å². The van der Waals surface area contributed by atoms with Gasteiger partial charge in [-0.2, -0.15) is 0 Å². The molecule has 3 rings (SSSR count). The molecule has 0 spiro atoms. The maximum absolute atomic E-state index is 5.82. The van der Waals surface area contributed by atoms with Crippen LogP contribution in [0.4, 0.5) is 0 Å². The second-order valence-corrected chi connectivity index (χ2v) is 6.26. The number of aromatic nitrogens is 2. The van der Waals surface area contributed by atoms with Crippen LogP contribution < -0.4 is 0 Å². The summed E-state index contributed by atoms with van der Waals surface area (Å²) >= 11 is 1.61. The van der Waals surface area contributed by atoms with E-state index in [1.807, 2.05) is 17.5 Å². The minimum Gasteiger partial charge on any atom is -0.418 e. The van der Waals surface area contributed by atoms with Crippen LogP contribution in [0.2, 0.25) is 0 Å². The zero-order chi connectivity index (χ0) is 14.1. The van der Waals surface area contributed by atoms with E-state index < -0.39 is 0 Å². The lowest BCUT2D eigenvalue weighted by Gasteiger charge is -2.37. The molecule has 0 N–H and O–H groups in total. The number of thiophene rings is 1. The molecule has 0 saturated carbocycles. The zero-order valence-corrected chi connectivity index (χ0v) is 12.8. The summed E-state index contributed by atoms with van der Waals surface area (Å²) in [4.78, 5) is 3.35. The van der Waals surface area contributed by atoms with E-state index in [1.54, 1.807) is 11.3 Å². The van der Waals surface area contributed by atoms with Crippen LogP contribution in [-0.2, 0) is 4.74 Å². The molecular weight excluding hydrogens is 274 g/mol. The van der Waals surface area contributed by atoms with Gasteiger partial charge in [0.15, 0.2) is 0 Å². The quantitative estimate of drug-likeness (QED) is 0.871. The van der Waals surface area contributed by atoms with Crippen molar-refractivity contribution >= 4 is 11.3 Å². The Hall–Kier alpha value is -1.24. The molecule has 3 heterocycles. The van der Waals surface area contributed by atoms with Crippen LogP contribution in [0, 0.1) is 0 Å². The Balaban J connectivity index is 1.75. The highest BCUT2D eigenvalue weighted by Gasteiger charge is 2.29. The topological polar surface area (TPSA) is 51.4 Å². The molecule has 0 amide bonds. The third-order valence-electron chi connectivity index (χ3n) is 3.53. The van der Waals surface area contributed by atoms with E-state index >= 15 is 0 Å². The first-order valence-electron chi connectivity index (χ1n) is 6.90. The monoisotopic (exact) mass is 293 g/mol. The predicted octanol–water partition coefficient (Wildman–Crippen LogP) is 2.97. The Morgan fingerprint density at radius 1 is 1.30 bits per heavy atom. The maximum atomic E-state index is 5.82. The molecule has 0 aromatic carbocycles. The van der Waals surface area contributed by atoms with E-state index in [4.69, 9.17) is 9.15 Å². The van der Waals surface area contributed by atoms with Crippen LogP contribution in [0.3, 0.4) is 0 Å². The first-order chi connectivity index (χ1) is 9.63. The number of morpholine rings is 1. The molecule has 6 heteroatoms. The second kappa shape index (κ2) is 5.63. The summed E-state index contributed by atoms with van der Waals surface area (Å²) in [6.45, 7) is 8.08. The summed E-state index contributed by atoms with van der Waals surface area (Å²) in [6.07, 6.45) is 0.474. The van der Waals surface area contributed by atoms with Crippen molar-refractivity contribution < 1.29 is 9.15 Å². The number of ether oxygens (including phenoxy) is 1. The normalized spacial score (nSPS) is 25.8. The highest BCUT2D eigenvalue weighted by Crippen LogP contribution is 2.28. The number of nitrogens with zero attached hydrogens (tertiary/aromatic N) is 3. The molecule has 1 aliphatic rings. The summed E-state index contributed by atoms with van der Waals surface area (Å²) in [5.74, 6) is 1.28. The number of hydrogen-bond donors (Lipinski definition) is 0. The first-order valence-corrected chi connectivity index (χ1v) is 7.78. The van der Waals surface area contributed by atoms with Crippen molar-refractivity contribution in [2.45, 2.75) is 39.0 Å². The van der Waals surface area contributed by atoms with E-state index in [9.17, 15) is 0 Å². The minimum absolute atomic E-state index is 0.116. The molecule has 0 radical (unpaired) electrons. The lowest BCUT2D eigenvalue weighted by atomic mass is 10.2. The molecule has 0 unspecified atom stereocenters. The van der Waals surface area contributed by atoms with Crippen LogP contribution in [0.25, 0.3) is 10.8 Å². The Morgan fingerprint density at radius 2 is 2.05 bits per heavy atom. The van der Waals surface area contributed by atoms with Gasteiger partial charge in [-0.05, 0) is 32.2 Å². The van der Waals surface area contributed by atoms with Gasteiger partial charge in [-0.15, -0.1) is 21.5 Å². The largest absolute Gasteiger partial charge is 0.418 e. The van der Waals surface area contributed by atoms with E-state index in [0.717, 1.165) is 18.0 Å². The van der Waals surface area contributed by atoms with E-state index in [1.165, 1.54) is 0 Å². The molecule has 0 aliphatic carbocycles. The predicted molar refractivity (Wildman–Crippen MR) is 77.6 cm³/mol. The fraction of sp³-hybridized carbons (Fsp3) is 0.571. The molecule has 1 saturated heterocycles. The van der Waals surface area contributed by atoms with Crippen LogP contribution in [-0.4, -0.2) is 40.4 Å². The molecule has 20 heavy (non-hydrogen) atoms. The summed E-state index contributed by atoms with van der Waals surface area (Å²) < 4.78 is 11.6. The van der Waals surface area contributed by atoms with Crippen LogP contribution >= 0.6 is 11.3 Å². The lowest BCUT2D eigenvalue weighted by Crippen LogP contribution is -2.46. The minimum atomic E-state index is 0.116. The summed E-state index contributed by atoms with van der Waals surface area (Å²) in [5.41, 5.74) is 0. The molecule has 0 bridgehead atoms. The first kappa shape index (κ1) is 13.7. The van der Waals surface area contributed by atoms with Crippen molar-refractivity contribution in [3.8, 4) is 10.8 Å². The third kappa shape index (κ3) is 2.77. The van der Waals surface area contributed by atoms with Gasteiger partial charge in [0.05, 0.1) is 23.1 Å². The summed E-state index contributed by atoms with van der Waals surface area (Å²) in [5, 5.41) is 10.4. The van der Waals surface area contributed by atoms with E-state index in [-0.39, 0.29) is 18.2 Å². The zero-order valence-electron chi connectivity index (χ0n) is 11.9. The Bertz CT molecular complexity index is 545. The van der Waals surface area contributed by atoms with Gasteiger partial charge in [-0.1, -0.05) is 6.07 Å². The van der Waals surface area contributed by atoms with E-state index in [2.05, 4.69) is 35.9 Å². The summed E-state index contributed by atoms with van der Waals surface area (Å²) in [7, 11) is 0. The van der Waals surface area contributed by atoms with Gasteiger partial charge in [0.1, 0.15) is 0 Å². The van der Waals surface area contributed by atoms with Crippen molar-refractivity contribution in [3.63, 3.8) is 0 Å². The lowest BCUT2D eigenvalue weighted by molar-refractivity contribution is -0.0814. The molecule has 1 aliphatic heterocycles. The second-order valence-electron chi connectivity index (χ2n) is 5.31. The van der Waals surface area contributed by atoms with Crippen LogP contribution in [0.15, 0.2) is 21.9 Å². The molecule has 1 fully saturated rings. The van der Waals surface area contributed by atoms with Gasteiger partial charge in [0, 0.05) is 13.1 Å². The molecule has 2 aromatic rings. The highest BCUT2D eigenvalue weighted by atomic mass is 32.1. The van der Waals surface area contributed by atoms with Crippen molar-refractivity contribution in [2.75, 3.05) is 13.1 Å². The Kier molecular flexibility index (Phi) is 3.87. The molecule has 108 valence electrons. The van der Waals surface area contributed by atoms with Gasteiger partial charge in [-0.3, -0.25) is 4.90 Å². The smallest absolute Gasteiger partial charge is 0.257 e. The average molecular weight is 293 g/mol. The fourth-order valence-corrected chi connectivity index (χ4v) is 3.24. The van der Waals surface area contributed by atoms with Crippen molar-refractivity contribution in [2.24, 2.45) is 0 Å². The van der Waals surface area contributed by atoms with Gasteiger partial charge in [0.25, 0.3) is 5.89 Å². The SMILES string of the molecule is C[C@@H]1CN([C@H](C)c2nnc(-c3cccs3)o2)C[C@@H](C)O1. The standard InChI is InChI=1S/C14H19N3O2S/c1-9-7-17(8-10(2)18-9)11(3)13-15-16-14(19-13)12-5-4-6-20-12/h4-6,9-11H,7-8H2,1-3H3/t9-,10-,11-/m1/s1. The average Bonchev–Trinajstić information content (AvgIpc) is 3.07. The van der Waals surface area contributed by atoms with Crippen LogP contribution in [0.5, 0.6) is 0 Å². The number of hydrogen-bond acceptors (Lipinski definition) is 6. The van der Waals surface area contributed by atoms with Gasteiger partial charge in [0.2, 0.25) is 5.89 Å². The molecule has 3 atom stereocenters. The highest BCUT2D eigenvalue weighted by molar-refractivity contribution is 7.13. The maximum Gasteiger partial charge on any atom is 0.257 e. The van der Waals surface area contributed by atoms with Gasteiger partial charge >= 0.3 is 0 Å². The number of rotatable bonds is 3. The van der Waals surface area contributed by atoms with Gasteiger partial charge < -0.3 is 9.15 Å². The third-order valence-corrected chi connectivity index (χ3v) is 4.38. The van der Waals surface area contributed by atoms with Crippen molar-refractivity contribution in [1.82, 2.24) is 15.1 Å². The summed E-state index contributed by atoms with van der Waals surface area (Å²) in [6, 6.07) is 4.09. The molecule has 5 nitrogen and oxygen atoms in total. The van der Waals surface area contributed by atoms with Gasteiger partial charge in [-0.25, -0.2) is 0 Å². The van der Waals surface area contributed by atoms with E-state index in [0.29, 0.717) is 11.8 Å². The molecular formula is C14H19N3O2S. The fourth-order valence-electron chi connectivity index (χ4n) is 2.59. The Labute approximate surface area is 122 Å². The Morgan fingerprint density at radius 3 is 2.70 bits per heavy atom. The van der Waals surface area contributed by atoms with Crippen LogP contribution in [0.1, 0.15) is 32.7 Å².